The van der Waals surface area contributed by atoms with Crippen LogP contribution in [-0.4, -0.2) is 15.1 Å². The van der Waals surface area contributed by atoms with Crippen molar-refractivity contribution in [2.45, 2.75) is 45.8 Å². The molecule has 18 heavy (non-hydrogen) atoms. The quantitative estimate of drug-likeness (QED) is 0.460. The molecule has 0 aliphatic heterocycles. The van der Waals surface area contributed by atoms with E-state index in [4.69, 9.17) is 0 Å². The van der Waals surface area contributed by atoms with Crippen molar-refractivity contribution in [2.75, 3.05) is 0 Å². The normalized spacial score (nSPS) is 10.6. The Labute approximate surface area is 136 Å². The minimum absolute atomic E-state index is 0. The van der Waals surface area contributed by atoms with Crippen LogP contribution in [0.1, 0.15) is 27.2 Å². The second kappa shape index (κ2) is 19.5. The Hall–Kier alpha value is 0.211. The van der Waals surface area contributed by atoms with E-state index < -0.39 is 0 Å². The van der Waals surface area contributed by atoms with Crippen LogP contribution in [0.4, 0.5) is 0 Å². The Bertz CT molecular complexity index is 193. The molecule has 0 heterocycles. The fraction of sp³-hybridized carbons (Fsp3) is 0.467. The Balaban J connectivity index is -0.0000000415. The van der Waals surface area contributed by atoms with Gasteiger partial charge in [-0.05, 0) is 6.42 Å². The zero-order chi connectivity index (χ0) is 10.3. The second-order valence-electron chi connectivity index (χ2n) is 4.15. The third kappa shape index (κ3) is 25.2. The fourth-order valence-corrected chi connectivity index (χ4v) is 0.950. The van der Waals surface area contributed by atoms with Gasteiger partial charge in [0.15, 0.2) is 0 Å². The zero-order valence-corrected chi connectivity index (χ0v) is 16.7. The van der Waals surface area contributed by atoms with Crippen LogP contribution in [-0.2, 0) is 21.7 Å². The van der Waals surface area contributed by atoms with Gasteiger partial charge >= 0.3 is 0 Å². The van der Waals surface area contributed by atoms with E-state index in [0.29, 0.717) is 0 Å². The summed E-state index contributed by atoms with van der Waals surface area (Å²) in [6.45, 7) is 10.8. The van der Waals surface area contributed by atoms with Crippen molar-refractivity contribution in [2.24, 2.45) is 0 Å². The smallest absolute Gasteiger partial charge is 0.0213 e. The van der Waals surface area contributed by atoms with E-state index in [9.17, 15) is 0 Å². The number of hydrogen-bond donors (Lipinski definition) is 0. The third-order valence-corrected chi connectivity index (χ3v) is 1.23. The Morgan fingerprint density at radius 1 is 1.06 bits per heavy atom. The fourth-order valence-electron chi connectivity index (χ4n) is 0.950. The summed E-state index contributed by atoms with van der Waals surface area (Å²) < 4.78 is 0. The van der Waals surface area contributed by atoms with Crippen LogP contribution >= 0.6 is 0 Å². The molecule has 0 aromatic heterocycles. The SMILES string of the molecule is CC(C)(C)[N-]C1=CC=CC1.C[SiH]C.[CH3-].[CH3-].[CH3-].[CH3-].[Ti]. The topological polar surface area (TPSA) is 14.1 Å². The molecule has 1 aliphatic carbocycles. The van der Waals surface area contributed by atoms with Gasteiger partial charge in [-0.25, -0.2) is 0 Å². The van der Waals surface area contributed by atoms with Crippen LogP contribution in [0.15, 0.2) is 23.9 Å². The molecule has 0 saturated heterocycles. The first-order chi connectivity index (χ1) is 5.99. The molecule has 0 fully saturated rings. The summed E-state index contributed by atoms with van der Waals surface area (Å²) >= 11 is 0. The molecule has 1 aliphatic rings. The van der Waals surface area contributed by atoms with Gasteiger partial charge in [-0.15, -0.1) is 5.54 Å². The molecule has 111 valence electrons. The molecule has 0 amide bonds. The Morgan fingerprint density at radius 3 is 1.67 bits per heavy atom. The molecule has 0 saturated carbocycles. The molecule has 1 nitrogen and oxygen atoms in total. The van der Waals surface area contributed by atoms with Crippen molar-refractivity contribution in [1.29, 1.82) is 0 Å². The van der Waals surface area contributed by atoms with E-state index in [1.165, 1.54) is 5.70 Å². The number of allylic oxidation sites excluding steroid dienone is 3. The van der Waals surface area contributed by atoms with Gasteiger partial charge in [0, 0.05) is 31.2 Å². The van der Waals surface area contributed by atoms with E-state index in [1.54, 1.807) is 0 Å². The van der Waals surface area contributed by atoms with Crippen LogP contribution < -0.4 is 0 Å². The van der Waals surface area contributed by atoms with Crippen molar-refractivity contribution in [3.05, 3.63) is 58.9 Å². The molecule has 0 aromatic carbocycles. The van der Waals surface area contributed by atoms with Crippen LogP contribution in [0.2, 0.25) is 13.1 Å². The minimum Gasteiger partial charge on any atom is -0.683 e. The Kier molecular flexibility index (Phi) is 39.3. The number of nitrogens with zero attached hydrogens (tertiary/aromatic N) is 1. The average molecular weight is 303 g/mol. The molecule has 0 spiro atoms. The first-order valence-electron chi connectivity index (χ1n) is 4.82. The van der Waals surface area contributed by atoms with Crippen LogP contribution in [0, 0.1) is 29.7 Å². The maximum Gasteiger partial charge on any atom is 0.0213 e. The molecule has 0 N–H and O–H groups in total. The number of hydrogen-bond acceptors (Lipinski definition) is 0. The predicted octanol–water partition coefficient (Wildman–Crippen LogP) is 5.32. The van der Waals surface area contributed by atoms with E-state index in [0.717, 1.165) is 15.9 Å². The van der Waals surface area contributed by atoms with Gasteiger partial charge in [0.1, 0.15) is 0 Å². The van der Waals surface area contributed by atoms with Gasteiger partial charge in [-0.1, -0.05) is 52.1 Å². The van der Waals surface area contributed by atoms with Crippen molar-refractivity contribution in [3.8, 4) is 0 Å². The molecule has 1 radical (unpaired) electrons. The standard InChI is InChI=1S/C9H14N.C2H7Si.4CH3.Ti/c1-9(2,3)10-8-6-4-5-7-8;1-3-2;;;;;/h4-6H,7H2,1-3H3;3H,1-2H3;4*1H3;/q-1;;4*-1;. The second-order valence-corrected chi connectivity index (χ2v) is 5.30. The molecular formula is C15H33NSiTi-5. The molecule has 3 heteroatoms. The van der Waals surface area contributed by atoms with Crippen LogP contribution in [0.3, 0.4) is 0 Å². The number of rotatable bonds is 1. The average Bonchev–Trinajstić information content (AvgIpc) is 2.37. The summed E-state index contributed by atoms with van der Waals surface area (Å²) in [7, 11) is 0.750. The summed E-state index contributed by atoms with van der Waals surface area (Å²) in [5.41, 5.74) is 1.28. The maximum atomic E-state index is 4.51. The van der Waals surface area contributed by atoms with Crippen LogP contribution in [0.5, 0.6) is 0 Å². The summed E-state index contributed by atoms with van der Waals surface area (Å²) in [5.74, 6) is 0. The third-order valence-electron chi connectivity index (χ3n) is 1.23. The largest absolute Gasteiger partial charge is 0.683 e. The van der Waals surface area contributed by atoms with Gasteiger partial charge in [-0.3, -0.25) is 0 Å². The first kappa shape index (κ1) is 36.2. The first-order valence-corrected chi connectivity index (χ1v) is 7.13. The van der Waals surface area contributed by atoms with Gasteiger partial charge in [-0.2, -0.15) is 5.70 Å². The van der Waals surface area contributed by atoms with Crippen LogP contribution in [0.25, 0.3) is 5.32 Å². The summed E-state index contributed by atoms with van der Waals surface area (Å²) in [6.07, 6.45) is 7.28. The van der Waals surface area contributed by atoms with Gasteiger partial charge < -0.3 is 35.0 Å². The van der Waals surface area contributed by atoms with Gasteiger partial charge in [0.25, 0.3) is 0 Å². The minimum atomic E-state index is 0. The van der Waals surface area contributed by atoms with Gasteiger partial charge in [0.05, 0.1) is 0 Å². The molecule has 1 rings (SSSR count). The molecule has 0 atom stereocenters. The molecule has 0 aromatic rings. The predicted molar refractivity (Wildman–Crippen MR) is 89.5 cm³/mol. The van der Waals surface area contributed by atoms with Crippen molar-refractivity contribution >= 4 is 9.52 Å². The van der Waals surface area contributed by atoms with E-state index in [2.05, 4.69) is 57.4 Å². The molecule has 0 unspecified atom stereocenters. The summed E-state index contributed by atoms with van der Waals surface area (Å²) in [6, 6.07) is 0. The summed E-state index contributed by atoms with van der Waals surface area (Å²) in [4.78, 5) is 0. The van der Waals surface area contributed by atoms with Gasteiger partial charge in [0.2, 0.25) is 0 Å². The molecular weight excluding hydrogens is 270 g/mol. The zero-order valence-electron chi connectivity index (χ0n) is 14.0. The van der Waals surface area contributed by atoms with Crippen molar-refractivity contribution in [3.63, 3.8) is 0 Å². The molecule has 0 bridgehead atoms. The maximum absolute atomic E-state index is 4.51. The van der Waals surface area contributed by atoms with E-state index >= 15 is 0 Å². The summed E-state index contributed by atoms with van der Waals surface area (Å²) in [5, 5.41) is 4.51. The Morgan fingerprint density at radius 2 is 1.44 bits per heavy atom. The van der Waals surface area contributed by atoms with E-state index in [-0.39, 0.29) is 57.0 Å². The van der Waals surface area contributed by atoms with Crippen molar-refractivity contribution < 1.29 is 21.7 Å². The van der Waals surface area contributed by atoms with Crippen molar-refractivity contribution in [1.82, 2.24) is 0 Å². The van der Waals surface area contributed by atoms with E-state index in [1.807, 2.05) is 0 Å². The monoisotopic (exact) mass is 303 g/mol.